The van der Waals surface area contributed by atoms with Crippen molar-refractivity contribution in [2.24, 2.45) is 11.7 Å². The number of nitrogens with zero attached hydrogens (tertiary/aromatic N) is 1. The Labute approximate surface area is 122 Å². The number of hydrogen-bond donors (Lipinski definition) is 2. The second kappa shape index (κ2) is 5.73. The molecule has 1 aliphatic rings. The third-order valence-electron chi connectivity index (χ3n) is 3.65. The zero-order valence-corrected chi connectivity index (χ0v) is 11.9. The van der Waals surface area contributed by atoms with E-state index in [0.29, 0.717) is 17.3 Å². The third-order valence-corrected chi connectivity index (χ3v) is 4.70. The van der Waals surface area contributed by atoms with Gasteiger partial charge in [-0.05, 0) is 25.3 Å². The summed E-state index contributed by atoms with van der Waals surface area (Å²) in [6.07, 6.45) is 3.64. The highest BCUT2D eigenvalue weighted by molar-refractivity contribution is 7.16. The maximum Gasteiger partial charge on any atom is 0.263 e. The fraction of sp³-hybridized carbons (Fsp3) is 0.333. The van der Waals surface area contributed by atoms with Gasteiger partial charge in [-0.1, -0.05) is 30.3 Å². The molecule has 1 aromatic carbocycles. The van der Waals surface area contributed by atoms with Crippen molar-refractivity contribution in [3.05, 3.63) is 41.4 Å². The van der Waals surface area contributed by atoms with Crippen molar-refractivity contribution in [2.75, 3.05) is 6.54 Å². The molecule has 104 valence electrons. The van der Waals surface area contributed by atoms with Crippen LogP contribution in [-0.2, 0) is 0 Å². The minimum Gasteiger partial charge on any atom is -0.349 e. The molecule has 1 aliphatic carbocycles. The highest BCUT2D eigenvalue weighted by atomic mass is 32.1. The molecular formula is C15H17N3OS. The Hall–Kier alpha value is -1.72. The van der Waals surface area contributed by atoms with Crippen LogP contribution in [0.2, 0.25) is 0 Å². The van der Waals surface area contributed by atoms with E-state index in [4.69, 9.17) is 5.73 Å². The van der Waals surface area contributed by atoms with Gasteiger partial charge >= 0.3 is 0 Å². The monoisotopic (exact) mass is 287 g/mol. The zero-order valence-electron chi connectivity index (χ0n) is 11.1. The number of carbonyl (C=O) groups excluding carboxylic acids is 1. The molecule has 4 nitrogen and oxygen atoms in total. The third kappa shape index (κ3) is 2.73. The Kier molecular flexibility index (Phi) is 3.80. The Bertz CT molecular complexity index is 590. The number of benzene rings is 1. The van der Waals surface area contributed by atoms with Gasteiger partial charge in [0.1, 0.15) is 9.88 Å². The van der Waals surface area contributed by atoms with Crippen LogP contribution in [-0.4, -0.2) is 23.5 Å². The Morgan fingerprint density at radius 3 is 2.80 bits per heavy atom. The first kappa shape index (κ1) is 13.3. The van der Waals surface area contributed by atoms with Gasteiger partial charge in [0.15, 0.2) is 0 Å². The standard InChI is InChI=1S/C15H17N3OS/c16-8-10-6-12(7-10)18-14(19)13-9-17-15(20-13)11-4-2-1-3-5-11/h1-5,9-10,12H,6-8,16H2,(H,18,19). The van der Waals surface area contributed by atoms with Crippen molar-refractivity contribution in [3.8, 4) is 10.6 Å². The lowest BCUT2D eigenvalue weighted by atomic mass is 9.80. The van der Waals surface area contributed by atoms with Crippen LogP contribution >= 0.6 is 11.3 Å². The van der Waals surface area contributed by atoms with Gasteiger partial charge in [0.25, 0.3) is 5.91 Å². The molecule has 0 bridgehead atoms. The summed E-state index contributed by atoms with van der Waals surface area (Å²) in [4.78, 5) is 17.1. The van der Waals surface area contributed by atoms with Crippen molar-refractivity contribution in [2.45, 2.75) is 18.9 Å². The minimum absolute atomic E-state index is 0.0230. The van der Waals surface area contributed by atoms with Gasteiger partial charge in [-0.3, -0.25) is 4.79 Å². The van der Waals surface area contributed by atoms with Gasteiger partial charge in [0.05, 0.1) is 6.20 Å². The molecule has 1 saturated carbocycles. The van der Waals surface area contributed by atoms with E-state index >= 15 is 0 Å². The van der Waals surface area contributed by atoms with Gasteiger partial charge in [0.2, 0.25) is 0 Å². The van der Waals surface area contributed by atoms with Crippen molar-refractivity contribution >= 4 is 17.2 Å². The summed E-state index contributed by atoms with van der Waals surface area (Å²) in [7, 11) is 0. The highest BCUT2D eigenvalue weighted by Crippen LogP contribution is 2.28. The number of thiazole rings is 1. The normalized spacial score (nSPS) is 21.2. The van der Waals surface area contributed by atoms with E-state index in [0.717, 1.165) is 23.4 Å². The number of carbonyl (C=O) groups is 1. The molecule has 1 fully saturated rings. The van der Waals surface area contributed by atoms with E-state index in [1.807, 2.05) is 30.3 Å². The SMILES string of the molecule is NCC1CC(NC(=O)c2cnc(-c3ccccc3)s2)C1. The lowest BCUT2D eigenvalue weighted by Crippen LogP contribution is -2.46. The molecular weight excluding hydrogens is 270 g/mol. The van der Waals surface area contributed by atoms with Crippen LogP contribution in [0.5, 0.6) is 0 Å². The van der Waals surface area contributed by atoms with E-state index in [9.17, 15) is 4.79 Å². The minimum atomic E-state index is -0.0230. The molecule has 20 heavy (non-hydrogen) atoms. The molecule has 1 aromatic heterocycles. The number of hydrogen-bond acceptors (Lipinski definition) is 4. The lowest BCUT2D eigenvalue weighted by Gasteiger charge is -2.34. The summed E-state index contributed by atoms with van der Waals surface area (Å²) in [5, 5.41) is 3.92. The Morgan fingerprint density at radius 2 is 2.10 bits per heavy atom. The van der Waals surface area contributed by atoms with Crippen LogP contribution in [0.15, 0.2) is 36.5 Å². The summed E-state index contributed by atoms with van der Waals surface area (Å²) in [6, 6.07) is 10.2. The molecule has 2 aromatic rings. The second-order valence-corrected chi connectivity index (χ2v) is 6.17. The predicted molar refractivity (Wildman–Crippen MR) is 80.6 cm³/mol. The first-order valence-corrected chi connectivity index (χ1v) is 7.60. The van der Waals surface area contributed by atoms with Crippen molar-refractivity contribution in [1.82, 2.24) is 10.3 Å². The fourth-order valence-electron chi connectivity index (χ4n) is 2.40. The summed E-state index contributed by atoms with van der Waals surface area (Å²) < 4.78 is 0. The van der Waals surface area contributed by atoms with Crippen LogP contribution in [0.4, 0.5) is 0 Å². The quantitative estimate of drug-likeness (QED) is 0.906. The summed E-state index contributed by atoms with van der Waals surface area (Å²) in [6.45, 7) is 0.713. The molecule has 0 saturated heterocycles. The molecule has 3 N–H and O–H groups in total. The van der Waals surface area contributed by atoms with E-state index in [2.05, 4.69) is 10.3 Å². The molecule has 0 radical (unpaired) electrons. The van der Waals surface area contributed by atoms with Crippen molar-refractivity contribution in [1.29, 1.82) is 0 Å². The summed E-state index contributed by atoms with van der Waals surface area (Å²) in [5.74, 6) is 0.548. The van der Waals surface area contributed by atoms with Gasteiger partial charge in [-0.15, -0.1) is 11.3 Å². The molecule has 0 aliphatic heterocycles. The molecule has 0 unspecified atom stereocenters. The van der Waals surface area contributed by atoms with Gasteiger partial charge < -0.3 is 11.1 Å². The maximum atomic E-state index is 12.1. The first-order chi connectivity index (χ1) is 9.76. The molecule has 0 atom stereocenters. The topological polar surface area (TPSA) is 68.0 Å². The molecule has 0 spiro atoms. The Morgan fingerprint density at radius 1 is 1.35 bits per heavy atom. The van der Waals surface area contributed by atoms with Crippen LogP contribution in [0, 0.1) is 5.92 Å². The number of aromatic nitrogens is 1. The number of nitrogens with one attached hydrogen (secondary N) is 1. The van der Waals surface area contributed by atoms with E-state index in [1.54, 1.807) is 6.20 Å². The molecule has 1 heterocycles. The number of nitrogens with two attached hydrogens (primary N) is 1. The first-order valence-electron chi connectivity index (χ1n) is 6.78. The second-order valence-electron chi connectivity index (χ2n) is 5.14. The summed E-state index contributed by atoms with van der Waals surface area (Å²) in [5.41, 5.74) is 6.63. The highest BCUT2D eigenvalue weighted by Gasteiger charge is 2.29. The van der Waals surface area contributed by atoms with Gasteiger partial charge in [-0.25, -0.2) is 4.98 Å². The van der Waals surface area contributed by atoms with Gasteiger partial charge in [0, 0.05) is 11.6 Å². The average molecular weight is 287 g/mol. The van der Waals surface area contributed by atoms with Crippen LogP contribution in [0.3, 0.4) is 0 Å². The van der Waals surface area contributed by atoms with E-state index < -0.39 is 0 Å². The van der Waals surface area contributed by atoms with Gasteiger partial charge in [-0.2, -0.15) is 0 Å². The number of rotatable bonds is 4. The molecule has 5 heteroatoms. The van der Waals surface area contributed by atoms with E-state index in [1.165, 1.54) is 11.3 Å². The van der Waals surface area contributed by atoms with Crippen LogP contribution in [0.1, 0.15) is 22.5 Å². The largest absolute Gasteiger partial charge is 0.349 e. The zero-order chi connectivity index (χ0) is 13.9. The summed E-state index contributed by atoms with van der Waals surface area (Å²) >= 11 is 1.43. The van der Waals surface area contributed by atoms with E-state index in [-0.39, 0.29) is 11.9 Å². The van der Waals surface area contributed by atoms with Crippen LogP contribution < -0.4 is 11.1 Å². The molecule has 1 amide bonds. The Balaban J connectivity index is 1.64. The maximum absolute atomic E-state index is 12.1. The van der Waals surface area contributed by atoms with Crippen molar-refractivity contribution < 1.29 is 4.79 Å². The average Bonchev–Trinajstić information content (AvgIpc) is 2.93. The smallest absolute Gasteiger partial charge is 0.263 e. The lowest BCUT2D eigenvalue weighted by molar-refractivity contribution is 0.0896. The van der Waals surface area contributed by atoms with Crippen molar-refractivity contribution in [3.63, 3.8) is 0 Å². The fourth-order valence-corrected chi connectivity index (χ4v) is 3.22. The van der Waals surface area contributed by atoms with Crippen LogP contribution in [0.25, 0.3) is 10.6 Å². The molecule has 3 rings (SSSR count). The number of amides is 1. The predicted octanol–water partition coefficient (Wildman–Crippen LogP) is 2.28.